The molecule has 0 aliphatic rings. The van der Waals surface area contributed by atoms with Gasteiger partial charge in [-0.1, -0.05) is 11.2 Å². The summed E-state index contributed by atoms with van der Waals surface area (Å²) < 4.78 is 25.8. The van der Waals surface area contributed by atoms with Gasteiger partial charge in [-0.15, -0.1) is 5.10 Å². The summed E-state index contributed by atoms with van der Waals surface area (Å²) in [4.78, 5) is 4.15. The number of hydrogen-bond acceptors (Lipinski definition) is 5. The normalized spacial score (nSPS) is 11.0. The maximum Gasteiger partial charge on any atom is 0.322 e. The number of hydrogen-bond donors (Lipinski definition) is 0. The van der Waals surface area contributed by atoms with Crippen LogP contribution in [0.3, 0.4) is 0 Å². The molecule has 0 N–H and O–H groups in total. The van der Waals surface area contributed by atoms with Gasteiger partial charge in [0.2, 0.25) is 5.89 Å². The van der Waals surface area contributed by atoms with Crippen molar-refractivity contribution in [1.29, 1.82) is 0 Å². The van der Waals surface area contributed by atoms with Crippen molar-refractivity contribution in [1.82, 2.24) is 19.6 Å². The van der Waals surface area contributed by atoms with Gasteiger partial charge >= 0.3 is 6.01 Å². The first-order chi connectivity index (χ1) is 11.3. The van der Waals surface area contributed by atoms with Crippen LogP contribution < -0.4 is 4.74 Å². The molecule has 0 aliphatic heterocycles. The molecule has 6 nitrogen and oxygen atoms in total. The molecule has 0 aliphatic carbocycles. The Morgan fingerprint density at radius 3 is 2.83 bits per heavy atom. The molecule has 4 aromatic rings. The lowest BCUT2D eigenvalue weighted by Crippen LogP contribution is -1.99. The Kier molecular flexibility index (Phi) is 3.23. The number of nitrogens with zero attached hydrogens (tertiary/aromatic N) is 4. The Bertz CT molecular complexity index is 946. The van der Waals surface area contributed by atoms with Gasteiger partial charge in [0.1, 0.15) is 5.82 Å². The van der Waals surface area contributed by atoms with Gasteiger partial charge in [0.25, 0.3) is 0 Å². The summed E-state index contributed by atoms with van der Waals surface area (Å²) in [5, 5.41) is 7.96. The van der Waals surface area contributed by atoms with Crippen LogP contribution in [0.25, 0.3) is 17.0 Å². The van der Waals surface area contributed by atoms with Crippen LogP contribution in [0.15, 0.2) is 59.3 Å². The largest absolute Gasteiger partial charge is 0.453 e. The molecule has 0 atom stereocenters. The Morgan fingerprint density at radius 2 is 1.96 bits per heavy atom. The molecule has 1 aromatic carbocycles. The maximum atomic E-state index is 12.9. The van der Waals surface area contributed by atoms with Crippen LogP contribution in [0, 0.1) is 5.82 Å². The van der Waals surface area contributed by atoms with E-state index in [1.54, 1.807) is 22.7 Å². The zero-order chi connectivity index (χ0) is 15.6. The van der Waals surface area contributed by atoms with Gasteiger partial charge < -0.3 is 9.15 Å². The quantitative estimate of drug-likeness (QED) is 0.579. The first-order valence-corrected chi connectivity index (χ1v) is 6.93. The molecule has 114 valence electrons. The third kappa shape index (κ3) is 2.64. The summed E-state index contributed by atoms with van der Waals surface area (Å²) in [5.74, 6) is 0.655. The fraction of sp³-hybridized carbons (Fsp3) is 0.0625. The van der Waals surface area contributed by atoms with Crippen LogP contribution in [0.4, 0.5) is 4.39 Å². The van der Waals surface area contributed by atoms with Gasteiger partial charge in [0.15, 0.2) is 18.0 Å². The highest BCUT2D eigenvalue weighted by Gasteiger charge is 2.10. The summed E-state index contributed by atoms with van der Waals surface area (Å²) in [6.07, 6.45) is 3.39. The van der Waals surface area contributed by atoms with Crippen molar-refractivity contribution in [2.45, 2.75) is 6.61 Å². The second-order valence-corrected chi connectivity index (χ2v) is 4.83. The molecule has 0 radical (unpaired) electrons. The zero-order valence-electron chi connectivity index (χ0n) is 11.9. The molecule has 3 aromatic heterocycles. The van der Waals surface area contributed by atoms with Gasteiger partial charge in [-0.05, 0) is 36.4 Å². The van der Waals surface area contributed by atoms with Crippen molar-refractivity contribution in [2.75, 3.05) is 0 Å². The van der Waals surface area contributed by atoms with Crippen molar-refractivity contribution in [3.05, 3.63) is 66.6 Å². The molecule has 0 fully saturated rings. The Hall–Kier alpha value is -3.22. The summed E-state index contributed by atoms with van der Waals surface area (Å²) in [5.41, 5.74) is 1.44. The fourth-order valence-corrected chi connectivity index (χ4v) is 2.17. The topological polar surface area (TPSA) is 65.5 Å². The standard InChI is InChI=1S/C16H11FN4O2/c17-12-6-4-11(5-7-12)13-9-18-15(23-13)10-22-16-20-19-14-3-1-2-8-21(14)16/h1-9H,10H2. The van der Waals surface area contributed by atoms with E-state index >= 15 is 0 Å². The van der Waals surface area contributed by atoms with E-state index in [1.165, 1.54) is 12.1 Å². The molecule has 0 saturated heterocycles. The lowest BCUT2D eigenvalue weighted by Gasteiger charge is -2.00. The highest BCUT2D eigenvalue weighted by Crippen LogP contribution is 2.21. The molecule has 7 heteroatoms. The molecule has 0 spiro atoms. The van der Waals surface area contributed by atoms with Gasteiger partial charge in [-0.3, -0.25) is 4.40 Å². The lowest BCUT2D eigenvalue weighted by molar-refractivity contribution is 0.242. The Labute approximate surface area is 130 Å². The highest BCUT2D eigenvalue weighted by atomic mass is 19.1. The predicted molar refractivity (Wildman–Crippen MR) is 79.2 cm³/mol. The number of pyridine rings is 1. The van der Waals surface area contributed by atoms with E-state index in [2.05, 4.69) is 15.2 Å². The van der Waals surface area contributed by atoms with Crippen molar-refractivity contribution in [2.24, 2.45) is 0 Å². The SMILES string of the molecule is Fc1ccc(-c2cnc(COc3nnc4ccccn34)o2)cc1. The molecule has 0 unspecified atom stereocenters. The third-order valence-electron chi connectivity index (χ3n) is 3.29. The second kappa shape index (κ2) is 5.53. The molecule has 23 heavy (non-hydrogen) atoms. The fourth-order valence-electron chi connectivity index (χ4n) is 2.17. The lowest BCUT2D eigenvalue weighted by atomic mass is 10.2. The van der Waals surface area contributed by atoms with Crippen molar-refractivity contribution >= 4 is 5.65 Å². The number of benzene rings is 1. The summed E-state index contributed by atoms with van der Waals surface area (Å²) in [6.45, 7) is 0.122. The number of rotatable bonds is 4. The number of halogens is 1. The first-order valence-electron chi connectivity index (χ1n) is 6.93. The van der Waals surface area contributed by atoms with E-state index in [0.29, 0.717) is 23.3 Å². The van der Waals surface area contributed by atoms with E-state index < -0.39 is 0 Å². The Morgan fingerprint density at radius 1 is 1.09 bits per heavy atom. The van der Waals surface area contributed by atoms with Crippen LogP contribution in [-0.2, 0) is 6.61 Å². The van der Waals surface area contributed by atoms with Gasteiger partial charge in [-0.2, -0.15) is 0 Å². The highest BCUT2D eigenvalue weighted by molar-refractivity contribution is 5.55. The molecule has 0 saturated carbocycles. The molecular weight excluding hydrogens is 299 g/mol. The molecular formula is C16H11FN4O2. The van der Waals surface area contributed by atoms with E-state index in [4.69, 9.17) is 9.15 Å². The molecule has 4 rings (SSSR count). The third-order valence-corrected chi connectivity index (χ3v) is 3.29. The number of aromatic nitrogens is 4. The molecule has 0 amide bonds. The zero-order valence-corrected chi connectivity index (χ0v) is 11.9. The first kappa shape index (κ1) is 13.4. The summed E-state index contributed by atoms with van der Waals surface area (Å²) in [6, 6.07) is 11.9. The average molecular weight is 310 g/mol. The summed E-state index contributed by atoms with van der Waals surface area (Å²) in [7, 11) is 0. The van der Waals surface area contributed by atoms with E-state index in [0.717, 1.165) is 5.56 Å². The van der Waals surface area contributed by atoms with Crippen LogP contribution in [0.1, 0.15) is 5.89 Å². The van der Waals surface area contributed by atoms with Crippen LogP contribution in [-0.4, -0.2) is 19.6 Å². The molecule has 0 bridgehead atoms. The Balaban J connectivity index is 1.51. The van der Waals surface area contributed by atoms with Crippen LogP contribution in [0.5, 0.6) is 6.01 Å². The van der Waals surface area contributed by atoms with E-state index in [9.17, 15) is 4.39 Å². The van der Waals surface area contributed by atoms with Crippen molar-refractivity contribution in [3.63, 3.8) is 0 Å². The van der Waals surface area contributed by atoms with E-state index in [-0.39, 0.29) is 12.4 Å². The van der Waals surface area contributed by atoms with Crippen molar-refractivity contribution in [3.8, 4) is 17.3 Å². The minimum absolute atomic E-state index is 0.122. The van der Waals surface area contributed by atoms with Gasteiger partial charge in [-0.25, -0.2) is 9.37 Å². The number of oxazole rings is 1. The van der Waals surface area contributed by atoms with Crippen LogP contribution >= 0.6 is 0 Å². The minimum Gasteiger partial charge on any atom is -0.453 e. The van der Waals surface area contributed by atoms with Crippen molar-refractivity contribution < 1.29 is 13.5 Å². The number of fused-ring (bicyclic) bond motifs is 1. The number of ether oxygens (including phenoxy) is 1. The monoisotopic (exact) mass is 310 g/mol. The second-order valence-electron chi connectivity index (χ2n) is 4.83. The predicted octanol–water partition coefficient (Wildman–Crippen LogP) is 3.10. The maximum absolute atomic E-state index is 12.9. The summed E-state index contributed by atoms with van der Waals surface area (Å²) >= 11 is 0. The smallest absolute Gasteiger partial charge is 0.322 e. The minimum atomic E-state index is -0.296. The van der Waals surface area contributed by atoms with Crippen LogP contribution in [0.2, 0.25) is 0 Å². The average Bonchev–Trinajstić information content (AvgIpc) is 3.20. The van der Waals surface area contributed by atoms with Gasteiger partial charge in [0, 0.05) is 11.8 Å². The molecule has 3 heterocycles. The van der Waals surface area contributed by atoms with Gasteiger partial charge in [0.05, 0.1) is 6.20 Å². The van der Waals surface area contributed by atoms with E-state index in [1.807, 2.05) is 24.4 Å².